The predicted octanol–water partition coefficient (Wildman–Crippen LogP) is 2.74. The van der Waals surface area contributed by atoms with E-state index in [4.69, 9.17) is 0 Å². The average Bonchev–Trinajstić information content (AvgIpc) is 2.33. The molecule has 0 fully saturated rings. The van der Waals surface area contributed by atoms with Gasteiger partial charge in [-0.1, -0.05) is 0 Å². The molecule has 0 bridgehead atoms. The van der Waals surface area contributed by atoms with Crippen LogP contribution in [-0.4, -0.2) is 0 Å². The van der Waals surface area contributed by atoms with Crippen molar-refractivity contribution < 1.29 is 18.6 Å². The summed E-state index contributed by atoms with van der Waals surface area (Å²) >= 11 is -0.0675. The van der Waals surface area contributed by atoms with E-state index in [-0.39, 0.29) is 18.6 Å². The Morgan fingerprint density at radius 3 is 2.89 bits per heavy atom. The van der Waals surface area contributed by atoms with E-state index in [1.165, 1.54) is 12.8 Å². The van der Waals surface area contributed by atoms with Crippen LogP contribution in [0.2, 0.25) is 5.31 Å². The monoisotopic (exact) mass is 292 g/mol. The summed E-state index contributed by atoms with van der Waals surface area (Å²) in [4.78, 5) is 0. The van der Waals surface area contributed by atoms with Crippen molar-refractivity contribution in [2.75, 3.05) is 0 Å². The Labute approximate surface area is 65.6 Å². The van der Waals surface area contributed by atoms with E-state index in [0.29, 0.717) is 0 Å². The van der Waals surface area contributed by atoms with Gasteiger partial charge in [0.05, 0.1) is 0 Å². The van der Waals surface area contributed by atoms with Gasteiger partial charge in [-0.05, 0) is 0 Å². The average molecular weight is 292 g/mol. The summed E-state index contributed by atoms with van der Waals surface area (Å²) in [5, 5.41) is 2.40. The predicted molar refractivity (Wildman–Crippen MR) is 36.9 cm³/mol. The molecule has 50 valence electrons. The van der Waals surface area contributed by atoms with Crippen molar-refractivity contribution in [1.29, 1.82) is 0 Å². The first-order valence-corrected chi connectivity index (χ1v) is 7.71. The first-order chi connectivity index (χ1) is 4.38. The molecule has 9 heavy (non-hydrogen) atoms. The number of hydrogen-bond donors (Lipinski definition) is 0. The summed E-state index contributed by atoms with van der Waals surface area (Å²) in [7, 11) is 0. The topological polar surface area (TPSA) is 0 Å². The second-order valence-corrected chi connectivity index (χ2v) is 5.35. The van der Waals surface area contributed by atoms with Gasteiger partial charge < -0.3 is 0 Å². The van der Waals surface area contributed by atoms with E-state index >= 15 is 0 Å². The molecule has 0 saturated carbocycles. The van der Waals surface area contributed by atoms with Gasteiger partial charge in [-0.3, -0.25) is 0 Å². The molecular formula is C8H12W. The van der Waals surface area contributed by atoms with Crippen LogP contribution in [0.15, 0.2) is 21.7 Å². The third-order valence-electron chi connectivity index (χ3n) is 1.61. The van der Waals surface area contributed by atoms with Crippen molar-refractivity contribution in [3.05, 3.63) is 21.7 Å². The molecule has 0 unspecified atom stereocenters. The molecule has 0 heterocycles. The molecule has 1 aliphatic rings. The first kappa shape index (κ1) is 7.28. The van der Waals surface area contributed by atoms with E-state index in [2.05, 4.69) is 24.4 Å². The summed E-state index contributed by atoms with van der Waals surface area (Å²) in [5.74, 6) is 0. The zero-order valence-corrected chi connectivity index (χ0v) is 8.91. The van der Waals surface area contributed by atoms with Crippen LogP contribution >= 0.6 is 0 Å². The van der Waals surface area contributed by atoms with Gasteiger partial charge in [-0.15, -0.1) is 0 Å². The maximum absolute atomic E-state index is 2.40. The molecule has 0 aromatic rings. The SMILES string of the molecule is CCC1=[C]([W][CH3])CC=C1. The summed E-state index contributed by atoms with van der Waals surface area (Å²) in [6.45, 7) is 2.25. The number of rotatable bonds is 2. The van der Waals surface area contributed by atoms with Crippen molar-refractivity contribution in [2.24, 2.45) is 0 Å². The summed E-state index contributed by atoms with van der Waals surface area (Å²) < 4.78 is 1.80. The minimum atomic E-state index is -0.0675. The fraction of sp³-hybridized carbons (Fsp3) is 0.500. The fourth-order valence-electron chi connectivity index (χ4n) is 1.06. The third-order valence-corrected chi connectivity index (χ3v) is 4.92. The molecule has 0 aromatic heterocycles. The zero-order valence-electron chi connectivity index (χ0n) is 5.98. The van der Waals surface area contributed by atoms with Crippen LogP contribution < -0.4 is 0 Å². The Morgan fingerprint density at radius 2 is 2.44 bits per heavy atom. The van der Waals surface area contributed by atoms with Gasteiger partial charge >= 0.3 is 65.3 Å². The van der Waals surface area contributed by atoms with Crippen LogP contribution in [0.3, 0.4) is 0 Å². The Balaban J connectivity index is 2.67. The Hall–Kier alpha value is 0.168. The van der Waals surface area contributed by atoms with E-state index in [9.17, 15) is 0 Å². The van der Waals surface area contributed by atoms with Crippen molar-refractivity contribution in [3.8, 4) is 0 Å². The minimum absolute atomic E-state index is 0.0675. The second kappa shape index (κ2) is 3.37. The molecule has 0 amide bonds. The van der Waals surface area contributed by atoms with Gasteiger partial charge in [0, 0.05) is 0 Å². The standard InChI is InChI=1S/C7H9.CH3.W/c1-2-7-5-3-4-6-7;;/h3,5H,2,4H2,1H3;1H3;. The van der Waals surface area contributed by atoms with Crippen LogP contribution in [0.25, 0.3) is 0 Å². The second-order valence-electron chi connectivity index (χ2n) is 2.11. The molecule has 0 spiro atoms. The van der Waals surface area contributed by atoms with Gasteiger partial charge in [0.15, 0.2) is 0 Å². The molecule has 1 aliphatic carbocycles. The summed E-state index contributed by atoms with van der Waals surface area (Å²) in [5.41, 5.74) is 1.64. The molecule has 0 radical (unpaired) electrons. The van der Waals surface area contributed by atoms with E-state index in [1.807, 2.05) is 0 Å². The molecular weight excluding hydrogens is 280 g/mol. The van der Waals surface area contributed by atoms with Crippen LogP contribution in [0, 0.1) is 0 Å². The van der Waals surface area contributed by atoms with Crippen LogP contribution in [0.4, 0.5) is 0 Å². The van der Waals surface area contributed by atoms with E-state index in [1.54, 1.807) is 9.54 Å². The van der Waals surface area contributed by atoms with Crippen LogP contribution in [0.1, 0.15) is 19.8 Å². The summed E-state index contributed by atoms with van der Waals surface area (Å²) in [6.07, 6.45) is 7.14. The van der Waals surface area contributed by atoms with Gasteiger partial charge in [0.2, 0.25) is 0 Å². The fourth-order valence-corrected chi connectivity index (χ4v) is 3.71. The molecule has 0 saturated heterocycles. The van der Waals surface area contributed by atoms with Crippen molar-refractivity contribution >= 4 is 0 Å². The van der Waals surface area contributed by atoms with Crippen molar-refractivity contribution in [3.63, 3.8) is 0 Å². The van der Waals surface area contributed by atoms with E-state index in [0.717, 1.165) is 0 Å². The third kappa shape index (κ3) is 1.55. The zero-order chi connectivity index (χ0) is 6.69. The van der Waals surface area contributed by atoms with Crippen LogP contribution in [0.5, 0.6) is 0 Å². The van der Waals surface area contributed by atoms with Crippen molar-refractivity contribution in [1.82, 2.24) is 0 Å². The quantitative estimate of drug-likeness (QED) is 0.734. The van der Waals surface area contributed by atoms with Crippen molar-refractivity contribution in [2.45, 2.75) is 25.1 Å². The van der Waals surface area contributed by atoms with Gasteiger partial charge in [-0.2, -0.15) is 0 Å². The first-order valence-electron chi connectivity index (χ1n) is 3.31. The van der Waals surface area contributed by atoms with E-state index < -0.39 is 0 Å². The molecule has 0 aromatic carbocycles. The Morgan fingerprint density at radius 1 is 1.67 bits per heavy atom. The normalized spacial score (nSPS) is 17.6. The molecule has 0 N–H and O–H groups in total. The van der Waals surface area contributed by atoms with Gasteiger partial charge in [0.25, 0.3) is 0 Å². The van der Waals surface area contributed by atoms with Gasteiger partial charge in [0.1, 0.15) is 0 Å². The Kier molecular flexibility index (Phi) is 2.72. The Bertz CT molecular complexity index is 154. The van der Waals surface area contributed by atoms with Gasteiger partial charge in [-0.25, -0.2) is 0 Å². The number of hydrogen-bond acceptors (Lipinski definition) is 0. The van der Waals surface area contributed by atoms with Crippen LogP contribution in [-0.2, 0) is 18.6 Å². The molecule has 0 atom stereocenters. The number of allylic oxidation sites excluding steroid dienone is 4. The molecule has 0 nitrogen and oxygen atoms in total. The molecule has 1 rings (SSSR count). The molecule has 0 aliphatic heterocycles. The summed E-state index contributed by atoms with van der Waals surface area (Å²) in [6, 6.07) is 0. The maximum atomic E-state index is 2.40. The molecule has 1 heteroatoms.